The van der Waals surface area contributed by atoms with Crippen molar-refractivity contribution in [1.82, 2.24) is 14.5 Å². The molecule has 0 amide bonds. The smallest absolute Gasteiger partial charge is 0.146 e. The molecule has 0 saturated heterocycles. The van der Waals surface area contributed by atoms with E-state index in [0.717, 1.165) is 22.2 Å². The molecule has 35 heavy (non-hydrogen) atoms. The molecular formula is C28H25ClN4O2. The summed E-state index contributed by atoms with van der Waals surface area (Å²) in [5.41, 5.74) is 8.67. The Morgan fingerprint density at radius 2 is 1.51 bits per heavy atom. The predicted molar refractivity (Wildman–Crippen MR) is 140 cm³/mol. The number of nitrogen functional groups attached to an aromatic ring is 1. The molecule has 0 saturated carbocycles. The Kier molecular flexibility index (Phi) is 5.83. The molecular weight excluding hydrogens is 460 g/mol. The lowest BCUT2D eigenvalue weighted by atomic mass is 10.0. The number of rotatable bonds is 5. The van der Waals surface area contributed by atoms with Crippen LogP contribution in [0.4, 0.5) is 5.82 Å². The molecule has 7 heteroatoms. The molecule has 0 spiro atoms. The minimum absolute atomic E-state index is 0.199. The average Bonchev–Trinajstić information content (AvgIpc) is 3.23. The second-order valence-electron chi connectivity index (χ2n) is 9.15. The Labute approximate surface area is 208 Å². The number of benzene rings is 3. The largest absolute Gasteiger partial charge is 0.457 e. The number of para-hydroxylation sites is 2. The minimum Gasteiger partial charge on any atom is -0.457 e. The van der Waals surface area contributed by atoms with E-state index < -0.39 is 0 Å². The zero-order valence-corrected chi connectivity index (χ0v) is 20.5. The number of hydrogen-bond donors (Lipinski definition) is 1. The zero-order chi connectivity index (χ0) is 24.6. The van der Waals surface area contributed by atoms with Crippen LogP contribution in [0.3, 0.4) is 0 Å². The van der Waals surface area contributed by atoms with Crippen molar-refractivity contribution in [2.75, 3.05) is 5.73 Å². The third kappa shape index (κ3) is 4.53. The molecule has 2 aromatic heterocycles. The standard InChI is InChI=1S/C28H25ClN4O2/c1-28(2,3)33-16-21(25-26(30)31-17-32-27(25)33)20-11-7-8-12-23(20)35-19-13-14-24(22(29)15-19)34-18-9-5-4-6-10-18/h4-17H,1-3H3,(H2,30,31,32). The molecule has 0 unspecified atom stereocenters. The molecule has 176 valence electrons. The van der Waals surface area contributed by atoms with Crippen LogP contribution in [0.15, 0.2) is 85.3 Å². The summed E-state index contributed by atoms with van der Waals surface area (Å²) in [6.07, 6.45) is 3.55. The Hall–Kier alpha value is -4.03. The summed E-state index contributed by atoms with van der Waals surface area (Å²) in [4.78, 5) is 8.76. The van der Waals surface area contributed by atoms with Crippen LogP contribution in [-0.2, 0) is 5.54 Å². The van der Waals surface area contributed by atoms with Crippen molar-refractivity contribution < 1.29 is 9.47 Å². The summed E-state index contributed by atoms with van der Waals surface area (Å²) in [6.45, 7) is 6.37. The van der Waals surface area contributed by atoms with Crippen LogP contribution in [0, 0.1) is 0 Å². The number of fused-ring (bicyclic) bond motifs is 1. The van der Waals surface area contributed by atoms with Crippen molar-refractivity contribution in [1.29, 1.82) is 0 Å². The molecule has 0 radical (unpaired) electrons. The van der Waals surface area contributed by atoms with Crippen molar-refractivity contribution in [3.05, 3.63) is 90.3 Å². The Morgan fingerprint density at radius 1 is 0.800 bits per heavy atom. The van der Waals surface area contributed by atoms with Gasteiger partial charge >= 0.3 is 0 Å². The minimum atomic E-state index is -0.199. The zero-order valence-electron chi connectivity index (χ0n) is 19.7. The van der Waals surface area contributed by atoms with Gasteiger partial charge < -0.3 is 19.8 Å². The topological polar surface area (TPSA) is 75.2 Å². The van der Waals surface area contributed by atoms with Crippen molar-refractivity contribution >= 4 is 28.5 Å². The maximum atomic E-state index is 6.51. The van der Waals surface area contributed by atoms with Crippen molar-refractivity contribution in [3.8, 4) is 34.1 Å². The van der Waals surface area contributed by atoms with E-state index >= 15 is 0 Å². The molecule has 5 aromatic rings. The molecule has 3 aromatic carbocycles. The van der Waals surface area contributed by atoms with E-state index in [1.165, 1.54) is 6.33 Å². The van der Waals surface area contributed by atoms with Crippen LogP contribution < -0.4 is 15.2 Å². The number of halogens is 1. The number of hydrogen-bond acceptors (Lipinski definition) is 5. The summed E-state index contributed by atoms with van der Waals surface area (Å²) in [6, 6.07) is 22.7. The van der Waals surface area contributed by atoms with Gasteiger partial charge in [0.25, 0.3) is 0 Å². The van der Waals surface area contributed by atoms with Gasteiger partial charge in [-0.05, 0) is 51.1 Å². The highest BCUT2D eigenvalue weighted by molar-refractivity contribution is 6.32. The van der Waals surface area contributed by atoms with E-state index in [4.69, 9.17) is 26.8 Å². The van der Waals surface area contributed by atoms with Crippen molar-refractivity contribution in [2.45, 2.75) is 26.3 Å². The van der Waals surface area contributed by atoms with Crippen LogP contribution in [0.1, 0.15) is 20.8 Å². The van der Waals surface area contributed by atoms with Crippen LogP contribution in [0.25, 0.3) is 22.2 Å². The molecule has 2 heterocycles. The maximum Gasteiger partial charge on any atom is 0.146 e. The van der Waals surface area contributed by atoms with Gasteiger partial charge in [0.05, 0.1) is 10.4 Å². The number of ether oxygens (including phenoxy) is 2. The quantitative estimate of drug-likeness (QED) is 0.277. The summed E-state index contributed by atoms with van der Waals surface area (Å²) >= 11 is 6.51. The number of aromatic nitrogens is 3. The van der Waals surface area contributed by atoms with E-state index in [2.05, 4.69) is 41.5 Å². The van der Waals surface area contributed by atoms with Crippen LogP contribution in [0.5, 0.6) is 23.0 Å². The molecule has 0 aliphatic carbocycles. The van der Waals surface area contributed by atoms with Gasteiger partial charge in [-0.15, -0.1) is 0 Å². The predicted octanol–water partition coefficient (Wildman–Crippen LogP) is 7.67. The van der Waals surface area contributed by atoms with Crippen LogP contribution in [0.2, 0.25) is 5.02 Å². The summed E-state index contributed by atoms with van der Waals surface area (Å²) < 4.78 is 14.3. The van der Waals surface area contributed by atoms with Gasteiger partial charge in [-0.1, -0.05) is 48.0 Å². The number of anilines is 1. The Bertz CT molecular complexity index is 1510. The van der Waals surface area contributed by atoms with E-state index in [9.17, 15) is 0 Å². The normalized spacial score (nSPS) is 11.5. The van der Waals surface area contributed by atoms with Gasteiger partial charge in [-0.25, -0.2) is 9.97 Å². The molecule has 0 aliphatic rings. The summed E-state index contributed by atoms with van der Waals surface area (Å²) in [5, 5.41) is 1.24. The van der Waals surface area contributed by atoms with Gasteiger partial charge in [0.2, 0.25) is 0 Å². The van der Waals surface area contributed by atoms with Gasteiger partial charge in [-0.3, -0.25) is 0 Å². The van der Waals surface area contributed by atoms with Crippen LogP contribution >= 0.6 is 11.6 Å². The molecule has 0 bridgehead atoms. The van der Waals surface area contributed by atoms with Gasteiger partial charge in [0.15, 0.2) is 0 Å². The fourth-order valence-corrected chi connectivity index (χ4v) is 4.16. The van der Waals surface area contributed by atoms with Crippen molar-refractivity contribution in [2.24, 2.45) is 0 Å². The first-order chi connectivity index (χ1) is 16.8. The monoisotopic (exact) mass is 484 g/mol. The van der Waals surface area contributed by atoms with Gasteiger partial charge in [0.1, 0.15) is 40.8 Å². The molecule has 2 N–H and O–H groups in total. The second-order valence-corrected chi connectivity index (χ2v) is 9.55. The third-order valence-electron chi connectivity index (χ3n) is 5.61. The SMILES string of the molecule is CC(C)(C)n1cc(-c2ccccc2Oc2ccc(Oc3ccccc3)c(Cl)c2)c2c(N)ncnc21. The second kappa shape index (κ2) is 8.96. The van der Waals surface area contributed by atoms with E-state index in [0.29, 0.717) is 33.8 Å². The maximum absolute atomic E-state index is 6.51. The number of nitrogens with two attached hydrogens (primary N) is 1. The van der Waals surface area contributed by atoms with E-state index in [1.54, 1.807) is 12.1 Å². The fourth-order valence-electron chi connectivity index (χ4n) is 3.95. The Balaban J connectivity index is 1.53. The molecule has 5 rings (SSSR count). The first kappa shape index (κ1) is 22.7. The fraction of sp³-hybridized carbons (Fsp3) is 0.143. The Morgan fingerprint density at radius 3 is 2.26 bits per heavy atom. The lowest BCUT2D eigenvalue weighted by molar-refractivity contribution is 0.408. The van der Waals surface area contributed by atoms with E-state index in [-0.39, 0.29) is 5.54 Å². The number of nitrogens with zero attached hydrogens (tertiary/aromatic N) is 3. The van der Waals surface area contributed by atoms with Gasteiger partial charge in [0, 0.05) is 28.9 Å². The molecule has 0 atom stereocenters. The molecule has 0 aliphatic heterocycles. The molecule has 0 fully saturated rings. The summed E-state index contributed by atoms with van der Waals surface area (Å²) in [7, 11) is 0. The average molecular weight is 485 g/mol. The lowest BCUT2D eigenvalue weighted by Crippen LogP contribution is -2.21. The first-order valence-electron chi connectivity index (χ1n) is 11.2. The highest BCUT2D eigenvalue weighted by atomic mass is 35.5. The van der Waals surface area contributed by atoms with Crippen molar-refractivity contribution in [3.63, 3.8) is 0 Å². The van der Waals surface area contributed by atoms with E-state index in [1.807, 2.05) is 60.7 Å². The van der Waals surface area contributed by atoms with Gasteiger partial charge in [-0.2, -0.15) is 0 Å². The third-order valence-corrected chi connectivity index (χ3v) is 5.91. The highest BCUT2D eigenvalue weighted by Gasteiger charge is 2.23. The van der Waals surface area contributed by atoms with Crippen LogP contribution in [-0.4, -0.2) is 14.5 Å². The summed E-state index contributed by atoms with van der Waals surface area (Å²) in [5.74, 6) is 2.94. The highest BCUT2D eigenvalue weighted by Crippen LogP contribution is 2.42. The first-order valence-corrected chi connectivity index (χ1v) is 11.6. The molecule has 6 nitrogen and oxygen atoms in total. The lowest BCUT2D eigenvalue weighted by Gasteiger charge is -2.21.